The molecule has 1 aliphatic heterocycles. The van der Waals surface area contributed by atoms with Gasteiger partial charge < -0.3 is 0 Å². The van der Waals surface area contributed by atoms with Gasteiger partial charge in [0.05, 0.1) is 11.4 Å². The topological polar surface area (TPSA) is 33.4 Å². The van der Waals surface area contributed by atoms with Gasteiger partial charge in [-0.15, -0.1) is 0 Å². The number of pyridine rings is 1. The van der Waals surface area contributed by atoms with Crippen LogP contribution in [0.2, 0.25) is 0 Å². The second-order valence-corrected chi connectivity index (χ2v) is 6.25. The Morgan fingerprint density at radius 2 is 1.96 bits per heavy atom. The van der Waals surface area contributed by atoms with Crippen LogP contribution in [-0.2, 0) is 0 Å². The molecule has 0 N–H and O–H groups in total. The maximum absolute atomic E-state index is 13.8. The molecule has 0 fully saturated rings. The number of hydrogen-bond acceptors (Lipinski definition) is 3. The van der Waals surface area contributed by atoms with E-state index in [1.807, 2.05) is 37.5 Å². The van der Waals surface area contributed by atoms with Gasteiger partial charge >= 0.3 is 0 Å². The van der Waals surface area contributed by atoms with Gasteiger partial charge in [0.2, 0.25) is 0 Å². The quantitative estimate of drug-likeness (QED) is 0.691. The highest BCUT2D eigenvalue weighted by Crippen LogP contribution is 2.26. The lowest BCUT2D eigenvalue weighted by atomic mass is 10.0. The van der Waals surface area contributed by atoms with E-state index in [1.54, 1.807) is 12.3 Å². The standard InChI is InChI=1S/C18H17FN4/c1-18(2)21-17(15-8-5-9-23(15)22(18)3)13-10-12-6-4-7-14(19)16(12)20-11-13/h4-11H,1-3H3. The van der Waals surface area contributed by atoms with Gasteiger partial charge in [0.15, 0.2) is 0 Å². The minimum absolute atomic E-state index is 0.303. The Kier molecular flexibility index (Phi) is 2.82. The summed E-state index contributed by atoms with van der Waals surface area (Å²) in [6.07, 6.45) is 3.71. The van der Waals surface area contributed by atoms with Crippen LogP contribution >= 0.6 is 0 Å². The first-order chi connectivity index (χ1) is 11.0. The van der Waals surface area contributed by atoms with Crippen molar-refractivity contribution in [1.29, 1.82) is 0 Å². The molecule has 1 aliphatic rings. The van der Waals surface area contributed by atoms with Crippen molar-refractivity contribution in [3.05, 3.63) is 65.9 Å². The molecule has 0 aliphatic carbocycles. The van der Waals surface area contributed by atoms with Crippen LogP contribution in [0.5, 0.6) is 0 Å². The molecule has 2 aromatic heterocycles. The van der Waals surface area contributed by atoms with Crippen LogP contribution in [0, 0.1) is 5.82 Å². The van der Waals surface area contributed by atoms with Crippen LogP contribution in [0.4, 0.5) is 4.39 Å². The molecule has 3 heterocycles. The van der Waals surface area contributed by atoms with Gasteiger partial charge in [-0.2, -0.15) is 0 Å². The van der Waals surface area contributed by atoms with Gasteiger partial charge in [0, 0.05) is 30.4 Å². The fraction of sp³-hybridized carbons (Fsp3) is 0.222. The summed E-state index contributed by atoms with van der Waals surface area (Å²) < 4.78 is 15.9. The van der Waals surface area contributed by atoms with Gasteiger partial charge in [0.1, 0.15) is 17.0 Å². The molecule has 1 aromatic carbocycles. The minimum atomic E-state index is -0.377. The van der Waals surface area contributed by atoms with Gasteiger partial charge in [0.25, 0.3) is 0 Å². The second kappa shape index (κ2) is 4.65. The molecule has 4 nitrogen and oxygen atoms in total. The summed E-state index contributed by atoms with van der Waals surface area (Å²) in [7, 11) is 2.01. The summed E-state index contributed by atoms with van der Waals surface area (Å²) in [4.78, 5) is 9.20. The summed E-state index contributed by atoms with van der Waals surface area (Å²) >= 11 is 0. The molecule has 5 heteroatoms. The van der Waals surface area contributed by atoms with Gasteiger partial charge in [-0.1, -0.05) is 12.1 Å². The summed E-state index contributed by atoms with van der Waals surface area (Å²) in [5.41, 5.74) is 2.78. The maximum Gasteiger partial charge on any atom is 0.149 e. The summed E-state index contributed by atoms with van der Waals surface area (Å²) in [5.74, 6) is -0.303. The molecule has 116 valence electrons. The molecule has 4 rings (SSSR count). The van der Waals surface area contributed by atoms with E-state index >= 15 is 0 Å². The lowest BCUT2D eigenvalue weighted by molar-refractivity contribution is 0.404. The molecule has 0 saturated heterocycles. The molecule has 23 heavy (non-hydrogen) atoms. The summed E-state index contributed by atoms with van der Waals surface area (Å²) in [5, 5.41) is 2.86. The van der Waals surface area contributed by atoms with Gasteiger partial charge in [-0.25, -0.2) is 4.39 Å². The molecule has 0 radical (unpaired) electrons. The lowest BCUT2D eigenvalue weighted by Crippen LogP contribution is -2.51. The smallest absolute Gasteiger partial charge is 0.149 e. The average Bonchev–Trinajstić information content (AvgIpc) is 3.00. The Hall–Kier alpha value is -2.69. The molecule has 3 aromatic rings. The Bertz CT molecular complexity index is 939. The van der Waals surface area contributed by atoms with Crippen molar-refractivity contribution < 1.29 is 4.39 Å². The normalized spacial score (nSPS) is 16.3. The number of aromatic nitrogens is 2. The number of hydrogen-bond donors (Lipinski definition) is 0. The third-order valence-corrected chi connectivity index (χ3v) is 4.41. The number of fused-ring (bicyclic) bond motifs is 2. The summed E-state index contributed by atoms with van der Waals surface area (Å²) in [6.45, 7) is 4.12. The predicted molar refractivity (Wildman–Crippen MR) is 90.0 cm³/mol. The Morgan fingerprint density at radius 3 is 2.78 bits per heavy atom. The van der Waals surface area contributed by atoms with Gasteiger partial charge in [-0.05, 0) is 38.1 Å². The Labute approximate surface area is 133 Å². The van der Waals surface area contributed by atoms with Crippen molar-refractivity contribution in [1.82, 2.24) is 9.66 Å². The molecule has 0 spiro atoms. The highest BCUT2D eigenvalue weighted by molar-refractivity contribution is 6.13. The van der Waals surface area contributed by atoms with E-state index < -0.39 is 0 Å². The number of nitrogens with zero attached hydrogens (tertiary/aromatic N) is 4. The molecule has 0 unspecified atom stereocenters. The van der Waals surface area contributed by atoms with Crippen LogP contribution in [0.15, 0.2) is 53.8 Å². The van der Waals surface area contributed by atoms with E-state index in [2.05, 4.69) is 28.5 Å². The fourth-order valence-electron chi connectivity index (χ4n) is 2.95. The highest BCUT2D eigenvalue weighted by atomic mass is 19.1. The fourth-order valence-corrected chi connectivity index (χ4v) is 2.95. The number of aliphatic imine (C=N–C) groups is 1. The van der Waals surface area contributed by atoms with Crippen LogP contribution < -0.4 is 5.01 Å². The number of halogens is 1. The molecule has 0 saturated carbocycles. The molecular formula is C18H17FN4. The number of para-hydroxylation sites is 1. The van der Waals surface area contributed by atoms with E-state index in [1.165, 1.54) is 6.07 Å². The Morgan fingerprint density at radius 1 is 1.13 bits per heavy atom. The van der Waals surface area contributed by atoms with Crippen molar-refractivity contribution in [3.8, 4) is 0 Å². The van der Waals surface area contributed by atoms with Crippen molar-refractivity contribution in [2.75, 3.05) is 12.1 Å². The number of rotatable bonds is 1. The van der Waals surface area contributed by atoms with Crippen LogP contribution in [0.25, 0.3) is 10.9 Å². The third kappa shape index (κ3) is 2.04. The molecule has 0 atom stereocenters. The van der Waals surface area contributed by atoms with Crippen LogP contribution in [-0.4, -0.2) is 28.1 Å². The lowest BCUT2D eigenvalue weighted by Gasteiger charge is -2.40. The first-order valence-electron chi connectivity index (χ1n) is 7.54. The van der Waals surface area contributed by atoms with E-state index in [9.17, 15) is 4.39 Å². The second-order valence-electron chi connectivity index (χ2n) is 6.25. The highest BCUT2D eigenvalue weighted by Gasteiger charge is 2.31. The van der Waals surface area contributed by atoms with Crippen molar-refractivity contribution in [2.24, 2.45) is 4.99 Å². The zero-order chi connectivity index (χ0) is 16.2. The predicted octanol–water partition coefficient (Wildman–Crippen LogP) is 3.33. The largest absolute Gasteiger partial charge is 0.289 e. The molecule has 0 bridgehead atoms. The van der Waals surface area contributed by atoms with E-state index in [-0.39, 0.29) is 11.5 Å². The van der Waals surface area contributed by atoms with E-state index in [0.717, 1.165) is 22.4 Å². The van der Waals surface area contributed by atoms with Gasteiger partial charge in [-0.3, -0.25) is 19.7 Å². The first-order valence-corrected chi connectivity index (χ1v) is 7.54. The van der Waals surface area contributed by atoms with E-state index in [4.69, 9.17) is 4.99 Å². The molecule has 0 amide bonds. The first kappa shape index (κ1) is 13.9. The monoisotopic (exact) mass is 308 g/mol. The van der Waals surface area contributed by atoms with Crippen molar-refractivity contribution in [2.45, 2.75) is 19.5 Å². The van der Waals surface area contributed by atoms with Crippen LogP contribution in [0.3, 0.4) is 0 Å². The Balaban J connectivity index is 1.93. The van der Waals surface area contributed by atoms with Crippen LogP contribution in [0.1, 0.15) is 25.1 Å². The SMILES string of the molecule is CN1n2cccc2C(c2cnc3c(F)cccc3c2)=NC1(C)C. The zero-order valence-electron chi connectivity index (χ0n) is 13.3. The molecular weight excluding hydrogens is 291 g/mol. The van der Waals surface area contributed by atoms with Crippen molar-refractivity contribution in [3.63, 3.8) is 0 Å². The summed E-state index contributed by atoms with van der Waals surface area (Å²) in [6, 6.07) is 11.0. The maximum atomic E-state index is 13.8. The third-order valence-electron chi connectivity index (χ3n) is 4.41. The average molecular weight is 308 g/mol. The van der Waals surface area contributed by atoms with Crippen molar-refractivity contribution >= 4 is 16.6 Å². The zero-order valence-corrected chi connectivity index (χ0v) is 13.3. The minimum Gasteiger partial charge on any atom is -0.289 e. The number of benzene rings is 1. The van der Waals surface area contributed by atoms with E-state index in [0.29, 0.717) is 5.52 Å².